The molecule has 1 saturated carbocycles. The van der Waals surface area contributed by atoms with Crippen LogP contribution < -0.4 is 10.6 Å². The van der Waals surface area contributed by atoms with E-state index in [2.05, 4.69) is 10.6 Å². The maximum Gasteiger partial charge on any atom is 0.315 e. The zero-order valence-electron chi connectivity index (χ0n) is 11.2. The monoisotopic (exact) mass is 304 g/mol. The largest absolute Gasteiger partial charge is 0.481 e. The van der Waals surface area contributed by atoms with E-state index in [0.717, 1.165) is 6.42 Å². The maximum absolute atomic E-state index is 11.8. The van der Waals surface area contributed by atoms with Crippen LogP contribution in [0.1, 0.15) is 32.1 Å². The quantitative estimate of drug-likeness (QED) is 0.685. The molecule has 7 nitrogen and oxygen atoms in total. The number of carbonyl (C=O) groups excluding carboxylic acids is 1. The number of hydrogen-bond donors (Lipinski definition) is 3. The van der Waals surface area contributed by atoms with Gasteiger partial charge in [0, 0.05) is 12.1 Å². The topological polar surface area (TPSA) is 113 Å². The number of sulfone groups is 1. The van der Waals surface area contributed by atoms with Crippen LogP contribution >= 0.6 is 0 Å². The van der Waals surface area contributed by atoms with Gasteiger partial charge in [0.05, 0.1) is 17.4 Å². The van der Waals surface area contributed by atoms with Crippen LogP contribution in [-0.2, 0) is 14.6 Å². The Hall–Kier alpha value is -1.31. The molecule has 2 unspecified atom stereocenters. The molecule has 0 bridgehead atoms. The van der Waals surface area contributed by atoms with E-state index in [4.69, 9.17) is 5.11 Å². The first-order valence-corrected chi connectivity index (χ1v) is 8.70. The molecular formula is C12H20N2O5S. The molecule has 0 radical (unpaired) electrons. The minimum atomic E-state index is -2.94. The van der Waals surface area contributed by atoms with E-state index in [1.165, 1.54) is 0 Å². The molecule has 3 N–H and O–H groups in total. The predicted molar refractivity (Wildman–Crippen MR) is 72.1 cm³/mol. The van der Waals surface area contributed by atoms with E-state index in [9.17, 15) is 18.0 Å². The summed E-state index contributed by atoms with van der Waals surface area (Å²) in [6, 6.07) is -0.879. The van der Waals surface area contributed by atoms with E-state index in [1.807, 2.05) is 0 Å². The summed E-state index contributed by atoms with van der Waals surface area (Å²) in [6.45, 7) is 0. The van der Waals surface area contributed by atoms with E-state index in [-0.39, 0.29) is 23.6 Å². The Morgan fingerprint density at radius 1 is 1.00 bits per heavy atom. The van der Waals surface area contributed by atoms with Gasteiger partial charge in [-0.05, 0) is 25.7 Å². The summed E-state index contributed by atoms with van der Waals surface area (Å²) in [6.07, 6.45) is 2.89. The maximum atomic E-state index is 11.8. The first-order valence-electron chi connectivity index (χ1n) is 6.87. The molecule has 2 amide bonds. The van der Waals surface area contributed by atoms with Crippen LogP contribution in [0.15, 0.2) is 0 Å². The Labute approximate surface area is 118 Å². The smallest absolute Gasteiger partial charge is 0.315 e. The summed E-state index contributed by atoms with van der Waals surface area (Å²) in [4.78, 5) is 22.8. The lowest BCUT2D eigenvalue weighted by Gasteiger charge is -2.25. The normalized spacial score (nSPS) is 29.8. The Morgan fingerprint density at radius 3 is 2.25 bits per heavy atom. The van der Waals surface area contributed by atoms with Crippen molar-refractivity contribution in [3.63, 3.8) is 0 Å². The highest BCUT2D eigenvalue weighted by Crippen LogP contribution is 2.25. The van der Waals surface area contributed by atoms with Gasteiger partial charge in [0.1, 0.15) is 9.84 Å². The fraction of sp³-hybridized carbons (Fsp3) is 0.833. The number of carboxylic acids is 1. The molecule has 1 aliphatic heterocycles. The second kappa shape index (κ2) is 5.99. The Morgan fingerprint density at radius 2 is 1.65 bits per heavy atom. The van der Waals surface area contributed by atoms with Crippen molar-refractivity contribution in [2.45, 2.75) is 44.2 Å². The van der Waals surface area contributed by atoms with Crippen LogP contribution in [0, 0.1) is 5.92 Å². The van der Waals surface area contributed by atoms with Crippen molar-refractivity contribution in [2.24, 2.45) is 5.92 Å². The molecule has 114 valence electrons. The van der Waals surface area contributed by atoms with Gasteiger partial charge in [-0.15, -0.1) is 0 Å². The second-order valence-electron chi connectivity index (χ2n) is 5.53. The molecule has 2 rings (SSSR count). The SMILES string of the molecule is O=C(NC1CCS(=O)(=O)CC1)NC1CCCC1C(=O)O. The third-order valence-corrected chi connectivity index (χ3v) is 5.75. The van der Waals surface area contributed by atoms with Crippen molar-refractivity contribution in [2.75, 3.05) is 11.5 Å². The molecule has 1 saturated heterocycles. The van der Waals surface area contributed by atoms with E-state index in [0.29, 0.717) is 25.7 Å². The fourth-order valence-electron chi connectivity index (χ4n) is 2.86. The summed E-state index contributed by atoms with van der Waals surface area (Å²) in [5.41, 5.74) is 0. The standard InChI is InChI=1S/C12H20N2O5S/c15-11(16)9-2-1-3-10(9)14-12(17)13-8-4-6-20(18,19)7-5-8/h8-10H,1-7H2,(H,15,16)(H2,13,14,17). The number of hydrogen-bond acceptors (Lipinski definition) is 4. The molecule has 1 aliphatic carbocycles. The van der Waals surface area contributed by atoms with Gasteiger partial charge in [0.2, 0.25) is 0 Å². The van der Waals surface area contributed by atoms with Crippen molar-refractivity contribution in [1.82, 2.24) is 10.6 Å². The van der Waals surface area contributed by atoms with Crippen LogP contribution in [0.4, 0.5) is 4.79 Å². The van der Waals surface area contributed by atoms with Gasteiger partial charge in [-0.3, -0.25) is 4.79 Å². The molecule has 2 atom stereocenters. The minimum absolute atomic E-state index is 0.0964. The lowest BCUT2D eigenvalue weighted by molar-refractivity contribution is -0.142. The zero-order chi connectivity index (χ0) is 14.8. The number of carbonyl (C=O) groups is 2. The highest BCUT2D eigenvalue weighted by molar-refractivity contribution is 7.91. The molecule has 8 heteroatoms. The van der Waals surface area contributed by atoms with Crippen LogP contribution in [0.3, 0.4) is 0 Å². The van der Waals surface area contributed by atoms with Gasteiger partial charge >= 0.3 is 12.0 Å². The minimum Gasteiger partial charge on any atom is -0.481 e. The average molecular weight is 304 g/mol. The first-order chi connectivity index (χ1) is 9.37. The number of aliphatic carboxylic acids is 1. The average Bonchev–Trinajstić information content (AvgIpc) is 2.80. The van der Waals surface area contributed by atoms with Crippen molar-refractivity contribution in [3.8, 4) is 0 Å². The Bertz CT molecular complexity index is 476. The van der Waals surface area contributed by atoms with E-state index in [1.54, 1.807) is 0 Å². The lowest BCUT2D eigenvalue weighted by Crippen LogP contribution is -2.50. The van der Waals surface area contributed by atoms with Gasteiger partial charge in [0.25, 0.3) is 0 Å². The summed E-state index contributed by atoms with van der Waals surface area (Å²) in [5.74, 6) is -1.21. The Balaban J connectivity index is 1.80. The Kier molecular flexibility index (Phi) is 4.52. The van der Waals surface area contributed by atoms with Crippen LogP contribution in [0.2, 0.25) is 0 Å². The van der Waals surface area contributed by atoms with Crippen LogP contribution in [-0.4, -0.2) is 49.1 Å². The second-order valence-corrected chi connectivity index (χ2v) is 7.83. The van der Waals surface area contributed by atoms with Gasteiger partial charge < -0.3 is 15.7 Å². The number of amides is 2. The van der Waals surface area contributed by atoms with Gasteiger partial charge in [-0.2, -0.15) is 0 Å². The highest BCUT2D eigenvalue weighted by Gasteiger charge is 2.34. The van der Waals surface area contributed by atoms with Crippen molar-refractivity contribution >= 4 is 21.8 Å². The van der Waals surface area contributed by atoms with Crippen molar-refractivity contribution in [3.05, 3.63) is 0 Å². The molecule has 0 spiro atoms. The van der Waals surface area contributed by atoms with Gasteiger partial charge in [-0.25, -0.2) is 13.2 Å². The summed E-state index contributed by atoms with van der Waals surface area (Å²) < 4.78 is 22.6. The van der Waals surface area contributed by atoms with Gasteiger partial charge in [0.15, 0.2) is 0 Å². The van der Waals surface area contributed by atoms with Crippen molar-refractivity contribution < 1.29 is 23.1 Å². The molecule has 0 aromatic carbocycles. The highest BCUT2D eigenvalue weighted by atomic mass is 32.2. The summed E-state index contributed by atoms with van der Waals surface area (Å²) in [7, 11) is -2.94. The van der Waals surface area contributed by atoms with Crippen LogP contribution in [0.5, 0.6) is 0 Å². The predicted octanol–water partition coefficient (Wildman–Crippen LogP) is 0.116. The molecule has 2 aliphatic rings. The third-order valence-electron chi connectivity index (χ3n) is 4.04. The summed E-state index contributed by atoms with van der Waals surface area (Å²) >= 11 is 0. The van der Waals surface area contributed by atoms with E-state index >= 15 is 0 Å². The molecule has 20 heavy (non-hydrogen) atoms. The summed E-state index contributed by atoms with van der Waals surface area (Å²) in [5, 5.41) is 14.5. The fourth-order valence-corrected chi connectivity index (χ4v) is 4.35. The van der Waals surface area contributed by atoms with Crippen molar-refractivity contribution in [1.29, 1.82) is 0 Å². The number of carboxylic acid groups (broad SMARTS) is 1. The molecular weight excluding hydrogens is 284 g/mol. The first kappa shape index (κ1) is 15.1. The molecule has 2 fully saturated rings. The van der Waals surface area contributed by atoms with Gasteiger partial charge in [-0.1, -0.05) is 6.42 Å². The zero-order valence-corrected chi connectivity index (χ0v) is 12.0. The number of urea groups is 1. The third kappa shape index (κ3) is 3.84. The number of rotatable bonds is 3. The lowest BCUT2D eigenvalue weighted by atomic mass is 10.0. The molecule has 1 heterocycles. The van der Waals surface area contributed by atoms with Crippen LogP contribution in [0.25, 0.3) is 0 Å². The number of nitrogens with one attached hydrogen (secondary N) is 2. The van der Waals surface area contributed by atoms with E-state index < -0.39 is 27.8 Å². The molecule has 0 aromatic heterocycles. The molecule has 0 aromatic rings.